The van der Waals surface area contributed by atoms with E-state index in [4.69, 9.17) is 18.6 Å². The molecule has 49 heavy (non-hydrogen) atoms. The smallest absolute Gasteiger partial charge is 0.330 e. The van der Waals surface area contributed by atoms with Crippen LogP contribution in [0.5, 0.6) is 5.75 Å². The minimum absolute atomic E-state index is 0.152. The van der Waals surface area contributed by atoms with Gasteiger partial charge in [0.1, 0.15) is 23.6 Å². The van der Waals surface area contributed by atoms with Crippen molar-refractivity contribution >= 4 is 8.32 Å². The first-order valence-electron chi connectivity index (χ1n) is 16.1. The zero-order valence-electron chi connectivity index (χ0n) is 28.8. The topological polar surface area (TPSA) is 135 Å². The third kappa shape index (κ3) is 7.23. The van der Waals surface area contributed by atoms with Gasteiger partial charge in [-0.3, -0.25) is 24.5 Å². The Hall–Kier alpha value is -4.62. The minimum Gasteiger partial charge on any atom is -0.497 e. The molecular weight excluding hydrogens is 643 g/mol. The lowest BCUT2D eigenvalue weighted by atomic mass is 9.80. The van der Waals surface area contributed by atoms with Crippen LogP contribution in [0, 0.1) is 17.0 Å². The molecule has 3 aromatic carbocycles. The van der Waals surface area contributed by atoms with Crippen molar-refractivity contribution in [2.45, 2.75) is 69.9 Å². The molecule has 0 aliphatic carbocycles. The third-order valence-corrected chi connectivity index (χ3v) is 13.9. The van der Waals surface area contributed by atoms with Crippen LogP contribution >= 0.6 is 0 Å². The Labute approximate surface area is 286 Å². The number of ether oxygens (including phenoxy) is 3. The second-order valence-electron chi connectivity index (χ2n) is 13.7. The Balaban J connectivity index is 1.67. The molecule has 3 atom stereocenters. The van der Waals surface area contributed by atoms with Gasteiger partial charge in [0.15, 0.2) is 14.5 Å². The zero-order valence-corrected chi connectivity index (χ0v) is 29.8. The fourth-order valence-electron chi connectivity index (χ4n) is 5.81. The molecule has 1 aliphatic rings. The number of aryl methyl sites for hydroxylation is 1. The number of nitrogens with one attached hydrogen (secondary N) is 1. The standard InChI is InChI=1S/C37H43N3O8Si/c1-25-22-39(35(42)38-33(25)41)34-32(48-49(6,7)36(2,3)4)30(23-40(43)44)31(47-34)24-46-37(26-14-10-8-11-15-26,27-16-12-9-13-17-27)28-18-20-29(45-5)21-19-28/h8-23,31-32,34H,24H2,1-7H3,(H,38,41,42)/b30-23-/t31-,32-,34-/m1/s1. The molecule has 0 radical (unpaired) electrons. The molecule has 1 N–H and O–H groups in total. The Bertz CT molecular complexity index is 1880. The van der Waals surface area contributed by atoms with Crippen LogP contribution in [0.4, 0.5) is 0 Å². The summed E-state index contributed by atoms with van der Waals surface area (Å²) in [6.45, 7) is 11.6. The third-order valence-electron chi connectivity index (χ3n) is 9.47. The molecule has 1 aromatic heterocycles. The molecule has 0 bridgehead atoms. The number of H-pyrrole nitrogens is 1. The predicted molar refractivity (Wildman–Crippen MR) is 189 cm³/mol. The summed E-state index contributed by atoms with van der Waals surface area (Å²) in [7, 11) is -1.02. The lowest BCUT2D eigenvalue weighted by Crippen LogP contribution is -2.47. The first kappa shape index (κ1) is 35.7. The van der Waals surface area contributed by atoms with Crippen LogP contribution in [-0.4, -0.2) is 48.7 Å². The molecule has 1 saturated heterocycles. The number of methoxy groups -OCH3 is 1. The number of rotatable bonds is 11. The van der Waals surface area contributed by atoms with Gasteiger partial charge in [-0.05, 0) is 53.9 Å². The number of aromatic amines is 1. The molecular formula is C37H43N3O8Si. The number of nitrogens with zero attached hydrogens (tertiary/aromatic N) is 2. The highest BCUT2D eigenvalue weighted by Crippen LogP contribution is 2.46. The molecule has 5 rings (SSSR count). The molecule has 0 amide bonds. The van der Waals surface area contributed by atoms with Crippen molar-refractivity contribution in [3.8, 4) is 5.75 Å². The maximum atomic E-state index is 13.2. The quantitative estimate of drug-likeness (QED) is 0.0840. The predicted octanol–water partition coefficient (Wildman–Crippen LogP) is 6.31. The van der Waals surface area contributed by atoms with Gasteiger partial charge in [0, 0.05) is 11.8 Å². The van der Waals surface area contributed by atoms with E-state index in [1.54, 1.807) is 14.0 Å². The van der Waals surface area contributed by atoms with Crippen molar-refractivity contribution < 1.29 is 23.6 Å². The number of benzene rings is 3. The lowest BCUT2D eigenvalue weighted by molar-refractivity contribution is -0.404. The molecule has 258 valence electrons. The van der Waals surface area contributed by atoms with Gasteiger partial charge < -0.3 is 18.6 Å². The van der Waals surface area contributed by atoms with Crippen molar-refractivity contribution in [2.75, 3.05) is 13.7 Å². The normalized spacial score (nSPS) is 19.2. The minimum atomic E-state index is -2.62. The Morgan fingerprint density at radius 2 is 1.49 bits per heavy atom. The largest absolute Gasteiger partial charge is 0.497 e. The summed E-state index contributed by atoms with van der Waals surface area (Å²) in [5, 5.41) is 11.9. The van der Waals surface area contributed by atoms with Crippen LogP contribution in [0.1, 0.15) is 49.3 Å². The van der Waals surface area contributed by atoms with E-state index in [-0.39, 0.29) is 22.8 Å². The van der Waals surface area contributed by atoms with Gasteiger partial charge in [-0.15, -0.1) is 0 Å². The number of hydrogen-bond acceptors (Lipinski definition) is 8. The molecule has 11 nitrogen and oxygen atoms in total. The van der Waals surface area contributed by atoms with Crippen molar-refractivity contribution in [3.63, 3.8) is 0 Å². The van der Waals surface area contributed by atoms with E-state index in [0.29, 0.717) is 5.75 Å². The second-order valence-corrected chi connectivity index (χ2v) is 18.4. The summed E-state index contributed by atoms with van der Waals surface area (Å²) >= 11 is 0. The van der Waals surface area contributed by atoms with Crippen LogP contribution in [0.2, 0.25) is 18.1 Å². The van der Waals surface area contributed by atoms with Gasteiger partial charge in [0.05, 0.1) is 24.2 Å². The summed E-state index contributed by atoms with van der Waals surface area (Å²) in [6, 6.07) is 27.0. The highest BCUT2D eigenvalue weighted by Gasteiger charge is 2.50. The molecule has 1 fully saturated rings. The molecule has 0 spiro atoms. The van der Waals surface area contributed by atoms with Gasteiger partial charge in [-0.2, -0.15) is 0 Å². The Kier molecular flexibility index (Phi) is 10.3. The van der Waals surface area contributed by atoms with E-state index in [9.17, 15) is 19.7 Å². The molecule has 0 unspecified atom stereocenters. The van der Waals surface area contributed by atoms with Crippen LogP contribution in [0.15, 0.2) is 112 Å². The van der Waals surface area contributed by atoms with Gasteiger partial charge in [-0.25, -0.2) is 4.79 Å². The first-order chi connectivity index (χ1) is 23.2. The van der Waals surface area contributed by atoms with E-state index >= 15 is 0 Å². The van der Waals surface area contributed by atoms with Gasteiger partial charge in [0.25, 0.3) is 5.56 Å². The summed E-state index contributed by atoms with van der Waals surface area (Å²) < 4.78 is 27.1. The van der Waals surface area contributed by atoms with E-state index in [1.807, 2.05) is 98.0 Å². The summed E-state index contributed by atoms with van der Waals surface area (Å²) in [4.78, 5) is 39.5. The maximum Gasteiger partial charge on any atom is 0.330 e. The van der Waals surface area contributed by atoms with Crippen LogP contribution in [0.25, 0.3) is 0 Å². The summed E-state index contributed by atoms with van der Waals surface area (Å²) in [6.07, 6.45) is -0.853. The van der Waals surface area contributed by atoms with E-state index < -0.39 is 48.5 Å². The lowest BCUT2D eigenvalue weighted by Gasteiger charge is -2.39. The molecule has 0 saturated carbocycles. The van der Waals surface area contributed by atoms with Crippen molar-refractivity contribution in [2.24, 2.45) is 0 Å². The fourth-order valence-corrected chi connectivity index (χ4v) is 7.05. The zero-order chi connectivity index (χ0) is 35.6. The summed E-state index contributed by atoms with van der Waals surface area (Å²) in [5.41, 5.74) is 0.508. The molecule has 2 heterocycles. The average molecular weight is 686 g/mol. The second kappa shape index (κ2) is 14.1. The van der Waals surface area contributed by atoms with Crippen LogP contribution < -0.4 is 16.0 Å². The van der Waals surface area contributed by atoms with Crippen LogP contribution in [-0.2, 0) is 19.5 Å². The number of hydrogen-bond donors (Lipinski definition) is 1. The molecule has 1 aliphatic heterocycles. The molecule has 4 aromatic rings. The Morgan fingerprint density at radius 1 is 0.939 bits per heavy atom. The Morgan fingerprint density at radius 3 is 2.00 bits per heavy atom. The highest BCUT2D eigenvalue weighted by atomic mass is 28.4. The maximum absolute atomic E-state index is 13.2. The molecule has 12 heteroatoms. The van der Waals surface area contributed by atoms with Crippen molar-refractivity contribution in [3.05, 3.63) is 156 Å². The summed E-state index contributed by atoms with van der Waals surface area (Å²) in [5.74, 6) is 0.671. The van der Waals surface area contributed by atoms with E-state index in [2.05, 4.69) is 25.8 Å². The first-order valence-corrected chi connectivity index (χ1v) is 19.0. The van der Waals surface area contributed by atoms with Gasteiger partial charge >= 0.3 is 5.69 Å². The van der Waals surface area contributed by atoms with Crippen LogP contribution in [0.3, 0.4) is 0 Å². The van der Waals surface area contributed by atoms with Crippen molar-refractivity contribution in [1.82, 2.24) is 9.55 Å². The van der Waals surface area contributed by atoms with E-state index in [1.165, 1.54) is 10.8 Å². The SMILES string of the molecule is COc1ccc(C(OC[C@H]2O[C@@H](n3cc(C)c(=O)[nH]c3=O)[C@H](O[Si](C)(C)C(C)(C)C)/C2=C\[N+](=O)[O-])(c2ccccc2)c2ccccc2)cc1. The van der Waals surface area contributed by atoms with Gasteiger partial charge in [0.2, 0.25) is 6.20 Å². The van der Waals surface area contributed by atoms with Gasteiger partial charge in [-0.1, -0.05) is 93.6 Å². The van der Waals surface area contributed by atoms with Crippen molar-refractivity contribution in [1.29, 1.82) is 0 Å². The number of nitro groups is 1. The number of aromatic nitrogens is 2. The monoisotopic (exact) mass is 685 g/mol. The highest BCUT2D eigenvalue weighted by molar-refractivity contribution is 6.74. The fraction of sp³-hybridized carbons (Fsp3) is 0.351. The average Bonchev–Trinajstić information content (AvgIpc) is 3.38. The van der Waals surface area contributed by atoms with E-state index in [0.717, 1.165) is 22.9 Å².